The average Bonchev–Trinajstić information content (AvgIpc) is 2.49. The molecule has 0 aliphatic carbocycles. The van der Waals surface area contributed by atoms with Crippen LogP contribution in [-0.4, -0.2) is 78.2 Å². The zero-order chi connectivity index (χ0) is 16.9. The topological polar surface area (TPSA) is 86.9 Å². The van der Waals surface area contributed by atoms with Crippen LogP contribution in [0.4, 0.5) is 0 Å². The molecule has 0 saturated carbocycles. The molecular formula is C15H28N4O3. The zero-order valence-corrected chi connectivity index (χ0v) is 14.0. The van der Waals surface area contributed by atoms with Gasteiger partial charge >= 0.3 is 11.8 Å². The van der Waals surface area contributed by atoms with E-state index in [-0.39, 0.29) is 18.5 Å². The summed E-state index contributed by atoms with van der Waals surface area (Å²) in [6.07, 6.45) is 0.719. The van der Waals surface area contributed by atoms with E-state index >= 15 is 0 Å². The van der Waals surface area contributed by atoms with Gasteiger partial charge in [-0.05, 0) is 19.3 Å². The van der Waals surface area contributed by atoms with Crippen LogP contribution < -0.4 is 5.73 Å². The summed E-state index contributed by atoms with van der Waals surface area (Å²) in [6.45, 7) is 7.83. The van der Waals surface area contributed by atoms with Crippen LogP contribution in [0, 0.1) is 5.92 Å². The van der Waals surface area contributed by atoms with Gasteiger partial charge < -0.3 is 20.4 Å². The highest BCUT2D eigenvalue weighted by atomic mass is 16.2. The molecule has 1 unspecified atom stereocenters. The van der Waals surface area contributed by atoms with Crippen LogP contribution in [0.3, 0.4) is 0 Å². The number of rotatable bonds is 7. The summed E-state index contributed by atoms with van der Waals surface area (Å²) in [6, 6.07) is 0.0477. The normalized spacial score (nSPS) is 17.2. The first-order valence-corrected chi connectivity index (χ1v) is 7.85. The maximum atomic E-state index is 12.2. The van der Waals surface area contributed by atoms with E-state index in [4.69, 9.17) is 5.73 Å². The fourth-order valence-corrected chi connectivity index (χ4v) is 2.25. The summed E-state index contributed by atoms with van der Waals surface area (Å²) in [5.74, 6) is -0.911. The lowest BCUT2D eigenvalue weighted by Gasteiger charge is -2.33. The van der Waals surface area contributed by atoms with Crippen molar-refractivity contribution >= 4 is 17.7 Å². The Balaban J connectivity index is 2.47. The lowest BCUT2D eigenvalue weighted by Crippen LogP contribution is -2.56. The maximum absolute atomic E-state index is 12.2. The highest BCUT2D eigenvalue weighted by molar-refractivity contribution is 6.35. The van der Waals surface area contributed by atoms with Crippen LogP contribution in [0.5, 0.6) is 0 Å². The molecular weight excluding hydrogens is 284 g/mol. The van der Waals surface area contributed by atoms with Gasteiger partial charge in [0.1, 0.15) is 6.54 Å². The van der Waals surface area contributed by atoms with Gasteiger partial charge in [0.2, 0.25) is 5.91 Å². The zero-order valence-electron chi connectivity index (χ0n) is 14.0. The SMILES string of the molecule is CCN1CCN(CC(=O)N(C)CCC(N)C(C)C)C(=O)C1=O. The van der Waals surface area contributed by atoms with Gasteiger partial charge in [-0.25, -0.2) is 0 Å². The molecule has 0 radical (unpaired) electrons. The number of nitrogens with zero attached hydrogens (tertiary/aromatic N) is 3. The molecule has 0 spiro atoms. The molecule has 1 heterocycles. The largest absolute Gasteiger partial charge is 0.344 e. The van der Waals surface area contributed by atoms with Gasteiger partial charge in [-0.1, -0.05) is 13.8 Å². The fourth-order valence-electron chi connectivity index (χ4n) is 2.25. The summed E-state index contributed by atoms with van der Waals surface area (Å²) in [7, 11) is 1.70. The third-order valence-corrected chi connectivity index (χ3v) is 4.18. The molecule has 7 heteroatoms. The van der Waals surface area contributed by atoms with E-state index in [2.05, 4.69) is 0 Å². The Kier molecular flexibility index (Phi) is 6.80. The molecule has 1 saturated heterocycles. The van der Waals surface area contributed by atoms with Gasteiger partial charge in [-0.2, -0.15) is 0 Å². The number of carbonyl (C=O) groups excluding carboxylic acids is 3. The predicted molar refractivity (Wildman–Crippen MR) is 83.9 cm³/mol. The number of amides is 3. The van der Waals surface area contributed by atoms with E-state index in [0.717, 1.165) is 6.42 Å². The van der Waals surface area contributed by atoms with Crippen molar-refractivity contribution in [1.82, 2.24) is 14.7 Å². The van der Waals surface area contributed by atoms with E-state index in [1.54, 1.807) is 11.9 Å². The monoisotopic (exact) mass is 312 g/mol. The van der Waals surface area contributed by atoms with Crippen LogP contribution in [0.15, 0.2) is 0 Å². The minimum Gasteiger partial charge on any atom is -0.344 e. The van der Waals surface area contributed by atoms with E-state index < -0.39 is 11.8 Å². The van der Waals surface area contributed by atoms with Crippen molar-refractivity contribution < 1.29 is 14.4 Å². The number of hydrogen-bond donors (Lipinski definition) is 1. The lowest BCUT2D eigenvalue weighted by molar-refractivity contribution is -0.157. The van der Waals surface area contributed by atoms with Crippen LogP contribution in [0.25, 0.3) is 0 Å². The van der Waals surface area contributed by atoms with Crippen molar-refractivity contribution in [2.75, 3.05) is 39.8 Å². The molecule has 22 heavy (non-hydrogen) atoms. The summed E-state index contributed by atoms with van der Waals surface area (Å²) < 4.78 is 0. The Hall–Kier alpha value is -1.63. The highest BCUT2D eigenvalue weighted by Crippen LogP contribution is 2.07. The first-order chi connectivity index (χ1) is 10.3. The Morgan fingerprint density at radius 3 is 2.32 bits per heavy atom. The molecule has 1 atom stereocenters. The number of carbonyl (C=O) groups is 3. The van der Waals surface area contributed by atoms with E-state index in [9.17, 15) is 14.4 Å². The van der Waals surface area contributed by atoms with Crippen LogP contribution in [0.1, 0.15) is 27.2 Å². The molecule has 1 rings (SSSR count). The minimum atomic E-state index is -0.589. The first-order valence-electron chi connectivity index (χ1n) is 7.85. The van der Waals surface area contributed by atoms with Crippen LogP contribution >= 0.6 is 0 Å². The summed E-state index contributed by atoms with van der Waals surface area (Å²) in [5.41, 5.74) is 5.97. The Morgan fingerprint density at radius 1 is 1.23 bits per heavy atom. The van der Waals surface area contributed by atoms with Gasteiger partial charge in [-0.3, -0.25) is 14.4 Å². The highest BCUT2D eigenvalue weighted by Gasteiger charge is 2.32. The minimum absolute atomic E-state index is 0.0461. The fraction of sp³-hybridized carbons (Fsp3) is 0.800. The maximum Gasteiger partial charge on any atom is 0.312 e. The predicted octanol–water partition coefficient (Wildman–Crippen LogP) is -0.491. The van der Waals surface area contributed by atoms with Crippen molar-refractivity contribution in [3.05, 3.63) is 0 Å². The van der Waals surface area contributed by atoms with Gasteiger partial charge in [0, 0.05) is 39.3 Å². The smallest absolute Gasteiger partial charge is 0.312 e. The Morgan fingerprint density at radius 2 is 1.77 bits per heavy atom. The molecule has 2 N–H and O–H groups in total. The van der Waals surface area contributed by atoms with Crippen LogP contribution in [-0.2, 0) is 14.4 Å². The number of likely N-dealkylation sites (N-methyl/N-ethyl adjacent to an activating group) is 2. The second-order valence-electron chi connectivity index (χ2n) is 6.12. The second-order valence-corrected chi connectivity index (χ2v) is 6.12. The lowest BCUT2D eigenvalue weighted by atomic mass is 10.0. The van der Waals surface area contributed by atoms with Gasteiger partial charge in [0.25, 0.3) is 0 Å². The standard InChI is InChI=1S/C15H28N4O3/c1-5-18-8-9-19(15(22)14(18)21)10-13(20)17(4)7-6-12(16)11(2)3/h11-12H,5-10,16H2,1-4H3. The third kappa shape index (κ3) is 4.69. The second kappa shape index (κ2) is 8.12. The van der Waals surface area contributed by atoms with E-state index in [1.807, 2.05) is 20.8 Å². The molecule has 1 aliphatic rings. The molecule has 3 amide bonds. The molecule has 0 bridgehead atoms. The average molecular weight is 312 g/mol. The van der Waals surface area contributed by atoms with Gasteiger partial charge in [0.05, 0.1) is 0 Å². The molecule has 1 fully saturated rings. The molecule has 0 aromatic heterocycles. The first kappa shape index (κ1) is 18.4. The summed E-state index contributed by atoms with van der Waals surface area (Å²) in [5, 5.41) is 0. The third-order valence-electron chi connectivity index (χ3n) is 4.18. The summed E-state index contributed by atoms with van der Waals surface area (Å²) in [4.78, 5) is 40.3. The molecule has 0 aromatic carbocycles. The Labute approximate surface area is 132 Å². The molecule has 1 aliphatic heterocycles. The quantitative estimate of drug-likeness (QED) is 0.643. The summed E-state index contributed by atoms with van der Waals surface area (Å²) >= 11 is 0. The molecule has 126 valence electrons. The molecule has 7 nitrogen and oxygen atoms in total. The Bertz CT molecular complexity index is 425. The number of nitrogens with two attached hydrogens (primary N) is 1. The van der Waals surface area contributed by atoms with E-state index in [1.165, 1.54) is 9.80 Å². The van der Waals surface area contributed by atoms with Crippen LogP contribution in [0.2, 0.25) is 0 Å². The van der Waals surface area contributed by atoms with Gasteiger partial charge in [-0.15, -0.1) is 0 Å². The number of hydrogen-bond acceptors (Lipinski definition) is 4. The van der Waals surface area contributed by atoms with Crippen molar-refractivity contribution in [3.63, 3.8) is 0 Å². The van der Waals surface area contributed by atoms with E-state index in [0.29, 0.717) is 32.1 Å². The van der Waals surface area contributed by atoms with Gasteiger partial charge in [0.15, 0.2) is 0 Å². The van der Waals surface area contributed by atoms with Crippen molar-refractivity contribution in [1.29, 1.82) is 0 Å². The van der Waals surface area contributed by atoms with Crippen molar-refractivity contribution in [2.24, 2.45) is 11.7 Å². The van der Waals surface area contributed by atoms with Crippen molar-refractivity contribution in [2.45, 2.75) is 33.2 Å². The number of piperazine rings is 1. The molecule has 0 aromatic rings. The van der Waals surface area contributed by atoms with Crippen molar-refractivity contribution in [3.8, 4) is 0 Å².